The number of benzene rings is 2. The number of para-hydroxylation sites is 1. The van der Waals surface area contributed by atoms with Crippen LogP contribution < -0.4 is 10.1 Å². The van der Waals surface area contributed by atoms with Crippen molar-refractivity contribution >= 4 is 34.2 Å². The van der Waals surface area contributed by atoms with Gasteiger partial charge in [-0.3, -0.25) is 4.79 Å². The molecule has 0 unspecified atom stereocenters. The molecule has 1 atom stereocenters. The molecule has 4 heteroatoms. The Hall–Kier alpha value is -1.56. The number of nitrogens with one attached hydrogen (secondary N) is 1. The Morgan fingerprint density at radius 1 is 1.13 bits per heavy atom. The van der Waals surface area contributed by atoms with E-state index < -0.39 is 6.10 Å². The van der Waals surface area contributed by atoms with Gasteiger partial charge >= 0.3 is 0 Å². The molecule has 3 nitrogen and oxygen atoms in total. The fraction of sp³-hybridized carbons (Fsp3) is 0.316. The number of anilines is 1. The van der Waals surface area contributed by atoms with Crippen LogP contribution in [0.1, 0.15) is 37.8 Å². The summed E-state index contributed by atoms with van der Waals surface area (Å²) in [7, 11) is 0. The van der Waals surface area contributed by atoms with Crippen molar-refractivity contribution in [1.29, 1.82) is 0 Å². The maximum atomic E-state index is 12.4. The molecule has 0 aliphatic rings. The molecule has 0 aromatic heterocycles. The summed E-state index contributed by atoms with van der Waals surface area (Å²) < 4.78 is 7.04. The van der Waals surface area contributed by atoms with Gasteiger partial charge in [-0.15, -0.1) is 0 Å². The van der Waals surface area contributed by atoms with E-state index in [2.05, 4.69) is 41.8 Å². The van der Waals surface area contributed by atoms with Gasteiger partial charge in [-0.25, -0.2) is 0 Å². The molecule has 0 saturated carbocycles. The van der Waals surface area contributed by atoms with E-state index >= 15 is 0 Å². The third kappa shape index (κ3) is 4.70. The Labute approximate surface area is 151 Å². The minimum absolute atomic E-state index is 0.145. The van der Waals surface area contributed by atoms with Crippen molar-refractivity contribution in [2.75, 3.05) is 5.32 Å². The van der Waals surface area contributed by atoms with E-state index in [1.807, 2.05) is 49.4 Å². The van der Waals surface area contributed by atoms with Crippen LogP contribution >= 0.6 is 22.6 Å². The normalized spacial score (nSPS) is 12.1. The van der Waals surface area contributed by atoms with Crippen LogP contribution in [0.25, 0.3) is 0 Å². The Morgan fingerprint density at radius 2 is 1.83 bits per heavy atom. The molecule has 0 bridgehead atoms. The summed E-state index contributed by atoms with van der Waals surface area (Å²) in [5.41, 5.74) is 2.97. The summed E-state index contributed by atoms with van der Waals surface area (Å²) in [6, 6.07) is 13.8. The second kappa shape index (κ2) is 7.81. The van der Waals surface area contributed by atoms with Crippen molar-refractivity contribution < 1.29 is 9.53 Å². The maximum Gasteiger partial charge on any atom is 0.265 e. The standard InChI is InChI=1S/C19H22INO2/c1-12(2)16-7-5-6-8-18(16)23-14(4)19(22)21-17-10-9-15(20)11-13(17)3/h5-12,14H,1-4H3,(H,21,22)/t14-/m1/s1. The number of ether oxygens (including phenoxy) is 1. The van der Waals surface area contributed by atoms with Crippen LogP contribution in [0.15, 0.2) is 42.5 Å². The molecule has 23 heavy (non-hydrogen) atoms. The van der Waals surface area contributed by atoms with Gasteiger partial charge in [0, 0.05) is 9.26 Å². The number of rotatable bonds is 5. The zero-order valence-electron chi connectivity index (χ0n) is 13.9. The van der Waals surface area contributed by atoms with Gasteiger partial charge in [-0.05, 0) is 77.7 Å². The second-order valence-electron chi connectivity index (χ2n) is 5.90. The van der Waals surface area contributed by atoms with Crippen LogP contribution in [-0.4, -0.2) is 12.0 Å². The molecule has 0 aliphatic carbocycles. The Balaban J connectivity index is 2.09. The van der Waals surface area contributed by atoms with Gasteiger partial charge in [-0.1, -0.05) is 32.0 Å². The minimum atomic E-state index is -0.562. The number of amides is 1. The third-order valence-corrected chi connectivity index (χ3v) is 4.33. The van der Waals surface area contributed by atoms with E-state index in [-0.39, 0.29) is 5.91 Å². The zero-order chi connectivity index (χ0) is 17.0. The number of hydrogen-bond acceptors (Lipinski definition) is 2. The first-order chi connectivity index (χ1) is 10.9. The van der Waals surface area contributed by atoms with E-state index in [4.69, 9.17) is 4.74 Å². The van der Waals surface area contributed by atoms with Gasteiger partial charge < -0.3 is 10.1 Å². The smallest absolute Gasteiger partial charge is 0.265 e. The van der Waals surface area contributed by atoms with Crippen LogP contribution in [0.4, 0.5) is 5.69 Å². The van der Waals surface area contributed by atoms with Crippen LogP contribution in [-0.2, 0) is 4.79 Å². The first kappa shape index (κ1) is 17.8. The largest absolute Gasteiger partial charge is 0.481 e. The SMILES string of the molecule is Cc1cc(I)ccc1NC(=O)[C@@H](C)Oc1ccccc1C(C)C. The number of carbonyl (C=O) groups excluding carboxylic acids is 1. The zero-order valence-corrected chi connectivity index (χ0v) is 16.0. The second-order valence-corrected chi connectivity index (χ2v) is 7.15. The first-order valence-electron chi connectivity index (χ1n) is 7.71. The van der Waals surface area contributed by atoms with Gasteiger partial charge in [0.1, 0.15) is 5.75 Å². The molecule has 2 rings (SSSR count). The molecule has 0 heterocycles. The van der Waals surface area contributed by atoms with Crippen LogP contribution in [0.2, 0.25) is 0 Å². The first-order valence-corrected chi connectivity index (χ1v) is 8.79. The van der Waals surface area contributed by atoms with Crippen molar-refractivity contribution in [2.24, 2.45) is 0 Å². The predicted octanol–water partition coefficient (Wildman–Crippen LogP) is 5.13. The predicted molar refractivity (Wildman–Crippen MR) is 103 cm³/mol. The van der Waals surface area contributed by atoms with Crippen molar-refractivity contribution in [2.45, 2.75) is 39.7 Å². The Kier molecular flexibility index (Phi) is 6.04. The highest BCUT2D eigenvalue weighted by Gasteiger charge is 2.18. The molecule has 0 fully saturated rings. The fourth-order valence-corrected chi connectivity index (χ4v) is 2.96. The molecule has 0 spiro atoms. The lowest BCUT2D eigenvalue weighted by molar-refractivity contribution is -0.122. The average molecular weight is 423 g/mol. The number of aryl methyl sites for hydroxylation is 1. The van der Waals surface area contributed by atoms with Gasteiger partial charge in [0.2, 0.25) is 0 Å². The molecular weight excluding hydrogens is 401 g/mol. The van der Waals surface area contributed by atoms with Crippen molar-refractivity contribution in [3.05, 3.63) is 57.2 Å². The van der Waals surface area contributed by atoms with E-state index in [1.54, 1.807) is 6.92 Å². The summed E-state index contributed by atoms with van der Waals surface area (Å²) in [4.78, 5) is 12.4. The molecular formula is C19H22INO2. The molecule has 0 saturated heterocycles. The minimum Gasteiger partial charge on any atom is -0.481 e. The lowest BCUT2D eigenvalue weighted by Crippen LogP contribution is -2.30. The topological polar surface area (TPSA) is 38.3 Å². The Morgan fingerprint density at radius 3 is 2.48 bits per heavy atom. The van der Waals surface area contributed by atoms with Crippen LogP contribution in [0, 0.1) is 10.5 Å². The van der Waals surface area contributed by atoms with Crippen molar-refractivity contribution in [3.8, 4) is 5.75 Å². The lowest BCUT2D eigenvalue weighted by Gasteiger charge is -2.19. The molecule has 2 aromatic rings. The molecule has 1 N–H and O–H groups in total. The van der Waals surface area contributed by atoms with Gasteiger partial charge in [0.05, 0.1) is 0 Å². The Bertz CT molecular complexity index is 698. The summed E-state index contributed by atoms with van der Waals surface area (Å²) in [5.74, 6) is 0.970. The summed E-state index contributed by atoms with van der Waals surface area (Å²) in [5, 5.41) is 2.94. The van der Waals surface area contributed by atoms with E-state index in [0.29, 0.717) is 5.92 Å². The molecule has 122 valence electrons. The lowest BCUT2D eigenvalue weighted by atomic mass is 10.0. The highest BCUT2D eigenvalue weighted by Crippen LogP contribution is 2.27. The third-order valence-electron chi connectivity index (χ3n) is 3.66. The molecule has 0 radical (unpaired) electrons. The van der Waals surface area contributed by atoms with Gasteiger partial charge in [-0.2, -0.15) is 0 Å². The quantitative estimate of drug-likeness (QED) is 0.678. The summed E-state index contributed by atoms with van der Waals surface area (Å²) in [6.45, 7) is 7.98. The van der Waals surface area contributed by atoms with E-state index in [0.717, 1.165) is 26.1 Å². The van der Waals surface area contributed by atoms with E-state index in [1.165, 1.54) is 0 Å². The molecule has 2 aromatic carbocycles. The molecule has 1 amide bonds. The van der Waals surface area contributed by atoms with Crippen molar-refractivity contribution in [1.82, 2.24) is 0 Å². The number of halogens is 1. The summed E-state index contributed by atoms with van der Waals surface area (Å²) >= 11 is 2.26. The average Bonchev–Trinajstić information content (AvgIpc) is 2.50. The highest BCUT2D eigenvalue weighted by molar-refractivity contribution is 14.1. The van der Waals surface area contributed by atoms with E-state index in [9.17, 15) is 4.79 Å². The van der Waals surface area contributed by atoms with Gasteiger partial charge in [0.25, 0.3) is 5.91 Å². The number of carbonyl (C=O) groups is 1. The monoisotopic (exact) mass is 423 g/mol. The fourth-order valence-electron chi connectivity index (χ4n) is 2.31. The number of hydrogen-bond donors (Lipinski definition) is 1. The van der Waals surface area contributed by atoms with Crippen molar-refractivity contribution in [3.63, 3.8) is 0 Å². The van der Waals surface area contributed by atoms with Crippen LogP contribution in [0.5, 0.6) is 5.75 Å². The van der Waals surface area contributed by atoms with Crippen LogP contribution in [0.3, 0.4) is 0 Å². The van der Waals surface area contributed by atoms with Gasteiger partial charge in [0.15, 0.2) is 6.10 Å². The highest BCUT2D eigenvalue weighted by atomic mass is 127. The molecule has 0 aliphatic heterocycles. The maximum absolute atomic E-state index is 12.4. The summed E-state index contributed by atoms with van der Waals surface area (Å²) in [6.07, 6.45) is -0.562.